The van der Waals surface area contributed by atoms with Gasteiger partial charge in [0.25, 0.3) is 0 Å². The average molecular weight is 301 g/mol. The predicted molar refractivity (Wildman–Crippen MR) is 83.2 cm³/mol. The van der Waals surface area contributed by atoms with Crippen LogP contribution in [0.25, 0.3) is 0 Å². The maximum Gasteiger partial charge on any atom is 0.365 e. The molecule has 0 unspecified atom stereocenters. The van der Waals surface area contributed by atoms with Crippen LogP contribution >= 0.6 is 0 Å². The van der Waals surface area contributed by atoms with Crippen molar-refractivity contribution >= 4 is 11.7 Å². The average Bonchev–Trinajstić information content (AvgIpc) is 3.08. The Morgan fingerprint density at radius 3 is 2.64 bits per heavy atom. The maximum absolute atomic E-state index is 11.9. The summed E-state index contributed by atoms with van der Waals surface area (Å²) < 4.78 is 10.7. The first-order chi connectivity index (χ1) is 10.7. The monoisotopic (exact) mass is 301 g/mol. The van der Waals surface area contributed by atoms with E-state index < -0.39 is 5.97 Å². The predicted octanol–water partition coefficient (Wildman–Crippen LogP) is 4.04. The van der Waals surface area contributed by atoms with E-state index in [1.807, 2.05) is 0 Å². The molecule has 22 heavy (non-hydrogen) atoms. The molecule has 0 spiro atoms. The van der Waals surface area contributed by atoms with Gasteiger partial charge in [0.1, 0.15) is 11.5 Å². The van der Waals surface area contributed by atoms with Crippen molar-refractivity contribution in [2.24, 2.45) is 5.16 Å². The van der Waals surface area contributed by atoms with E-state index in [1.165, 1.54) is 6.26 Å². The Labute approximate surface area is 129 Å². The summed E-state index contributed by atoms with van der Waals surface area (Å²) in [4.78, 5) is 16.8. The molecule has 0 fully saturated rings. The minimum atomic E-state index is -0.522. The standard InChI is InChI=1S/C17H19NO4/c1-3-4-11-20-15-9-7-14(8-10-15)17(19)22-18-13(2)16-6-5-12-21-16/h5-10,12H,3-4,11H2,1-2H3. The molecule has 1 heterocycles. The molecule has 2 rings (SSSR count). The fourth-order valence-electron chi connectivity index (χ4n) is 1.71. The summed E-state index contributed by atoms with van der Waals surface area (Å²) >= 11 is 0. The fourth-order valence-corrected chi connectivity index (χ4v) is 1.71. The first-order valence-electron chi connectivity index (χ1n) is 7.23. The lowest BCUT2D eigenvalue weighted by atomic mass is 10.2. The molecule has 0 N–H and O–H groups in total. The van der Waals surface area contributed by atoms with Crippen LogP contribution in [0.3, 0.4) is 0 Å². The molecule has 0 aliphatic heterocycles. The SMILES string of the molecule is CCCCOc1ccc(C(=O)ON=C(C)c2ccco2)cc1. The number of ether oxygens (including phenoxy) is 1. The zero-order valence-corrected chi connectivity index (χ0v) is 12.7. The van der Waals surface area contributed by atoms with Gasteiger partial charge in [-0.2, -0.15) is 0 Å². The van der Waals surface area contributed by atoms with Crippen molar-refractivity contribution < 1.29 is 18.8 Å². The number of furan rings is 1. The highest BCUT2D eigenvalue weighted by Gasteiger charge is 2.08. The zero-order chi connectivity index (χ0) is 15.8. The molecule has 0 bridgehead atoms. The van der Waals surface area contributed by atoms with Gasteiger partial charge in [-0.15, -0.1) is 0 Å². The van der Waals surface area contributed by atoms with Gasteiger partial charge in [-0.3, -0.25) is 0 Å². The molecule has 5 heteroatoms. The van der Waals surface area contributed by atoms with Crippen molar-refractivity contribution in [2.75, 3.05) is 6.61 Å². The third-order valence-electron chi connectivity index (χ3n) is 3.00. The molecule has 0 aliphatic rings. The second-order valence-corrected chi connectivity index (χ2v) is 4.76. The second-order valence-electron chi connectivity index (χ2n) is 4.76. The van der Waals surface area contributed by atoms with Gasteiger partial charge < -0.3 is 14.0 Å². The molecular formula is C17H19NO4. The molecule has 0 aliphatic carbocycles. The van der Waals surface area contributed by atoms with Gasteiger partial charge in [0.2, 0.25) is 0 Å². The Balaban J connectivity index is 1.91. The summed E-state index contributed by atoms with van der Waals surface area (Å²) in [7, 11) is 0. The van der Waals surface area contributed by atoms with Crippen LogP contribution in [0.2, 0.25) is 0 Å². The number of carbonyl (C=O) groups excluding carboxylic acids is 1. The summed E-state index contributed by atoms with van der Waals surface area (Å²) in [5.74, 6) is 0.777. The molecule has 2 aromatic rings. The molecule has 0 radical (unpaired) electrons. The molecule has 0 amide bonds. The van der Waals surface area contributed by atoms with Crippen LogP contribution in [0.4, 0.5) is 0 Å². The minimum absolute atomic E-state index is 0.416. The van der Waals surface area contributed by atoms with Gasteiger partial charge >= 0.3 is 5.97 Å². The first-order valence-corrected chi connectivity index (χ1v) is 7.23. The van der Waals surface area contributed by atoms with Gasteiger partial charge in [0.05, 0.1) is 18.4 Å². The van der Waals surface area contributed by atoms with Crippen molar-refractivity contribution in [1.29, 1.82) is 0 Å². The number of hydrogen-bond acceptors (Lipinski definition) is 5. The van der Waals surface area contributed by atoms with Crippen LogP contribution in [0.15, 0.2) is 52.2 Å². The van der Waals surface area contributed by atoms with Crippen molar-refractivity contribution in [2.45, 2.75) is 26.7 Å². The quantitative estimate of drug-likeness (QED) is 0.335. The highest BCUT2D eigenvalue weighted by atomic mass is 16.7. The van der Waals surface area contributed by atoms with Gasteiger partial charge in [0, 0.05) is 0 Å². The molecule has 0 saturated heterocycles. The van der Waals surface area contributed by atoms with Crippen LogP contribution < -0.4 is 4.74 Å². The Kier molecular flexibility index (Phi) is 5.77. The zero-order valence-electron chi connectivity index (χ0n) is 12.7. The lowest BCUT2D eigenvalue weighted by molar-refractivity contribution is 0.0516. The van der Waals surface area contributed by atoms with Gasteiger partial charge in [-0.05, 0) is 49.7 Å². The van der Waals surface area contributed by atoms with Crippen LogP contribution in [-0.4, -0.2) is 18.3 Å². The smallest absolute Gasteiger partial charge is 0.365 e. The van der Waals surface area contributed by atoms with Crippen LogP contribution in [-0.2, 0) is 4.84 Å². The summed E-state index contributed by atoms with van der Waals surface area (Å²) in [6.45, 7) is 4.48. The van der Waals surface area contributed by atoms with Gasteiger partial charge in [-0.25, -0.2) is 4.79 Å². The van der Waals surface area contributed by atoms with Crippen LogP contribution in [0.1, 0.15) is 42.8 Å². The second kappa shape index (κ2) is 8.02. The van der Waals surface area contributed by atoms with E-state index in [-0.39, 0.29) is 0 Å². The third kappa shape index (κ3) is 4.48. The first kappa shape index (κ1) is 15.8. The third-order valence-corrected chi connectivity index (χ3v) is 3.00. The molecule has 0 saturated carbocycles. The number of oxime groups is 1. The molecule has 5 nitrogen and oxygen atoms in total. The summed E-state index contributed by atoms with van der Waals surface area (Å²) in [5.41, 5.74) is 0.914. The number of unbranched alkanes of at least 4 members (excludes halogenated alkanes) is 1. The lowest BCUT2D eigenvalue weighted by Gasteiger charge is -2.05. The molecule has 1 aromatic heterocycles. The largest absolute Gasteiger partial charge is 0.494 e. The van der Waals surface area contributed by atoms with E-state index in [1.54, 1.807) is 43.3 Å². The van der Waals surface area contributed by atoms with Crippen molar-refractivity contribution in [1.82, 2.24) is 0 Å². The highest BCUT2D eigenvalue weighted by Crippen LogP contribution is 2.14. The van der Waals surface area contributed by atoms with E-state index in [9.17, 15) is 4.79 Å². The molecule has 0 atom stereocenters. The maximum atomic E-state index is 11.9. The van der Waals surface area contributed by atoms with Gasteiger partial charge in [-0.1, -0.05) is 18.5 Å². The number of benzene rings is 1. The van der Waals surface area contributed by atoms with E-state index in [4.69, 9.17) is 14.0 Å². The lowest BCUT2D eigenvalue weighted by Crippen LogP contribution is -2.04. The number of nitrogens with zero attached hydrogens (tertiary/aromatic N) is 1. The fraction of sp³-hybridized carbons (Fsp3) is 0.294. The van der Waals surface area contributed by atoms with Crippen molar-refractivity contribution in [3.63, 3.8) is 0 Å². The van der Waals surface area contributed by atoms with E-state index in [0.717, 1.165) is 18.6 Å². The number of hydrogen-bond donors (Lipinski definition) is 0. The Hall–Kier alpha value is -2.56. The van der Waals surface area contributed by atoms with E-state index >= 15 is 0 Å². The Morgan fingerprint density at radius 2 is 2.00 bits per heavy atom. The molecule has 1 aromatic carbocycles. The van der Waals surface area contributed by atoms with Crippen LogP contribution in [0, 0.1) is 0 Å². The van der Waals surface area contributed by atoms with Crippen LogP contribution in [0.5, 0.6) is 5.75 Å². The van der Waals surface area contributed by atoms with Crippen molar-refractivity contribution in [3.05, 3.63) is 54.0 Å². The normalized spacial score (nSPS) is 11.3. The van der Waals surface area contributed by atoms with Crippen molar-refractivity contribution in [3.8, 4) is 5.75 Å². The van der Waals surface area contributed by atoms with E-state index in [2.05, 4.69) is 12.1 Å². The summed E-state index contributed by atoms with van der Waals surface area (Å²) in [6.07, 6.45) is 3.62. The highest BCUT2D eigenvalue weighted by molar-refractivity contribution is 5.97. The summed E-state index contributed by atoms with van der Waals surface area (Å²) in [6, 6.07) is 10.3. The molecule has 116 valence electrons. The minimum Gasteiger partial charge on any atom is -0.494 e. The van der Waals surface area contributed by atoms with Gasteiger partial charge in [0.15, 0.2) is 5.76 Å². The number of carbonyl (C=O) groups is 1. The molecular weight excluding hydrogens is 282 g/mol. The Morgan fingerprint density at radius 1 is 1.23 bits per heavy atom. The van der Waals surface area contributed by atoms with E-state index in [0.29, 0.717) is 23.6 Å². The Bertz CT molecular complexity index is 615. The summed E-state index contributed by atoms with van der Waals surface area (Å²) in [5, 5.41) is 3.77. The number of rotatable bonds is 7. The topological polar surface area (TPSA) is 61.0 Å².